The highest BCUT2D eigenvalue weighted by atomic mass is 16.7. The zero-order chi connectivity index (χ0) is 23.1. The van der Waals surface area contributed by atoms with E-state index >= 15 is 0 Å². The number of ketones is 1. The third-order valence-electron chi connectivity index (χ3n) is 6.78. The summed E-state index contributed by atoms with van der Waals surface area (Å²) >= 11 is 0. The molecule has 0 aromatic rings. The lowest BCUT2D eigenvalue weighted by atomic mass is 9.64. The molecular formula is C25H38O6. The first-order valence-electron chi connectivity index (χ1n) is 11.3. The second-order valence-electron chi connectivity index (χ2n) is 8.82. The highest BCUT2D eigenvalue weighted by molar-refractivity contribution is 5.81. The maximum atomic E-state index is 12.4. The molecule has 6 heteroatoms. The van der Waals surface area contributed by atoms with E-state index in [2.05, 4.69) is 18.6 Å². The van der Waals surface area contributed by atoms with Gasteiger partial charge in [0.1, 0.15) is 5.78 Å². The smallest absolute Gasteiger partial charge is 0.330 e. The van der Waals surface area contributed by atoms with Crippen molar-refractivity contribution in [3.63, 3.8) is 0 Å². The van der Waals surface area contributed by atoms with Crippen LogP contribution in [0.3, 0.4) is 0 Å². The molecule has 1 saturated carbocycles. The molecule has 1 N–H and O–H groups in total. The van der Waals surface area contributed by atoms with Crippen molar-refractivity contribution in [2.24, 2.45) is 23.7 Å². The second-order valence-corrected chi connectivity index (χ2v) is 8.82. The molecule has 0 saturated heterocycles. The molecule has 2 aliphatic rings. The molecule has 0 aromatic carbocycles. The van der Waals surface area contributed by atoms with Crippen LogP contribution in [0, 0.1) is 23.7 Å². The Hall–Kier alpha value is -1.92. The predicted octanol–water partition coefficient (Wildman–Crippen LogP) is 4.34. The Bertz CT molecular complexity index is 734. The van der Waals surface area contributed by atoms with Crippen LogP contribution in [0.15, 0.2) is 35.1 Å². The lowest BCUT2D eigenvalue weighted by molar-refractivity contribution is -0.134. The van der Waals surface area contributed by atoms with Crippen molar-refractivity contribution in [1.82, 2.24) is 0 Å². The van der Waals surface area contributed by atoms with Crippen LogP contribution in [0.4, 0.5) is 0 Å². The molecule has 6 atom stereocenters. The molecule has 6 nitrogen and oxygen atoms in total. The Balaban J connectivity index is 2.17. The highest BCUT2D eigenvalue weighted by Gasteiger charge is 2.42. The fourth-order valence-electron chi connectivity index (χ4n) is 4.66. The molecule has 0 radical (unpaired) electrons. The van der Waals surface area contributed by atoms with Crippen molar-refractivity contribution >= 4 is 11.8 Å². The summed E-state index contributed by atoms with van der Waals surface area (Å²) in [5.74, 6) is 0.0814. The molecule has 174 valence electrons. The number of hydrogen-bond donors (Lipinski definition) is 1. The van der Waals surface area contributed by atoms with Gasteiger partial charge in [0.05, 0.1) is 19.5 Å². The van der Waals surface area contributed by atoms with Gasteiger partial charge in [-0.15, -0.1) is 0 Å². The Morgan fingerprint density at radius 2 is 2.06 bits per heavy atom. The van der Waals surface area contributed by atoms with Gasteiger partial charge < -0.3 is 19.3 Å². The van der Waals surface area contributed by atoms with E-state index < -0.39 is 12.1 Å². The van der Waals surface area contributed by atoms with Crippen molar-refractivity contribution in [2.75, 3.05) is 13.7 Å². The molecule has 1 heterocycles. The van der Waals surface area contributed by atoms with Crippen LogP contribution in [0.1, 0.15) is 60.3 Å². The Kier molecular flexibility index (Phi) is 9.51. The Morgan fingerprint density at radius 3 is 2.68 bits per heavy atom. The quantitative estimate of drug-likeness (QED) is 0.429. The molecule has 2 rings (SSSR count). The number of esters is 1. The maximum absolute atomic E-state index is 12.4. The molecule has 1 fully saturated rings. The molecular weight excluding hydrogens is 396 g/mol. The third-order valence-corrected chi connectivity index (χ3v) is 6.78. The van der Waals surface area contributed by atoms with E-state index in [1.54, 1.807) is 13.0 Å². The number of methoxy groups -OCH3 is 1. The van der Waals surface area contributed by atoms with Crippen LogP contribution in [-0.4, -0.2) is 43.0 Å². The molecule has 0 amide bonds. The van der Waals surface area contributed by atoms with Gasteiger partial charge in [-0.3, -0.25) is 4.79 Å². The molecule has 31 heavy (non-hydrogen) atoms. The first-order valence-corrected chi connectivity index (χ1v) is 11.3. The molecule has 1 aliphatic heterocycles. The van der Waals surface area contributed by atoms with Crippen molar-refractivity contribution in [3.05, 3.63) is 35.1 Å². The number of ether oxygens (including phenoxy) is 3. The molecule has 0 bridgehead atoms. The summed E-state index contributed by atoms with van der Waals surface area (Å²) in [7, 11) is 1.33. The number of aliphatic hydroxyl groups excluding tert-OH is 1. The van der Waals surface area contributed by atoms with Crippen molar-refractivity contribution in [3.8, 4) is 0 Å². The van der Waals surface area contributed by atoms with Gasteiger partial charge in [0, 0.05) is 30.9 Å². The number of allylic oxidation sites excluding steroid dienone is 3. The summed E-state index contributed by atoms with van der Waals surface area (Å²) in [4.78, 5) is 23.6. The van der Waals surface area contributed by atoms with Crippen LogP contribution in [-0.2, 0) is 23.8 Å². The zero-order valence-corrected chi connectivity index (χ0v) is 19.7. The highest BCUT2D eigenvalue weighted by Crippen LogP contribution is 2.47. The van der Waals surface area contributed by atoms with Gasteiger partial charge in [0.15, 0.2) is 6.29 Å². The van der Waals surface area contributed by atoms with Crippen LogP contribution in [0.25, 0.3) is 0 Å². The van der Waals surface area contributed by atoms with E-state index in [0.717, 1.165) is 6.42 Å². The molecule has 0 unspecified atom stereocenters. The molecule has 0 spiro atoms. The van der Waals surface area contributed by atoms with E-state index in [1.807, 2.05) is 20.1 Å². The number of carbonyl (C=O) groups is 2. The van der Waals surface area contributed by atoms with Crippen molar-refractivity contribution in [2.45, 2.75) is 72.7 Å². The van der Waals surface area contributed by atoms with Crippen molar-refractivity contribution in [1.29, 1.82) is 0 Å². The Labute approximate surface area is 186 Å². The fraction of sp³-hybridized carbons (Fsp3) is 0.680. The standard InChI is InChI=1S/C25H38O6/c1-7-30-25-13-21-17(4)20(18(5)26)12-19(22(21)14-31-25)15(2)8-10-23(27)16(3)9-11-24(28)29-6/h9,11,14,16-17,20-21,23,25,27H,7-8,10,12-13H2,1-6H3/b11-9+,19-15+/t16-,17+,20+,21-,23-,25+/m0/s1. The van der Waals surface area contributed by atoms with Crippen LogP contribution < -0.4 is 0 Å². The largest absolute Gasteiger partial charge is 0.472 e. The second kappa shape index (κ2) is 11.6. The van der Waals surface area contributed by atoms with Gasteiger partial charge in [-0.2, -0.15) is 0 Å². The van der Waals surface area contributed by atoms with Gasteiger partial charge in [0.2, 0.25) is 0 Å². The average Bonchev–Trinajstić information content (AvgIpc) is 2.75. The number of fused-ring (bicyclic) bond motifs is 1. The lowest BCUT2D eigenvalue weighted by Crippen LogP contribution is -2.38. The summed E-state index contributed by atoms with van der Waals surface area (Å²) < 4.78 is 16.1. The minimum Gasteiger partial charge on any atom is -0.472 e. The van der Waals surface area contributed by atoms with Gasteiger partial charge in [-0.1, -0.05) is 25.5 Å². The third kappa shape index (κ3) is 6.53. The SMILES string of the molecule is CCO[C@H]1C[C@@H]2C(=CO1)/C(=C(\C)CC[C@H](O)[C@@H](C)/C=C/C(=O)OC)C[C@@H](C(C)=O)[C@H]2C. The Morgan fingerprint density at radius 1 is 1.35 bits per heavy atom. The van der Waals surface area contributed by atoms with Gasteiger partial charge in [0.25, 0.3) is 0 Å². The minimum absolute atomic E-state index is 0.0145. The van der Waals surface area contributed by atoms with Gasteiger partial charge in [-0.25, -0.2) is 4.79 Å². The van der Waals surface area contributed by atoms with Gasteiger partial charge in [-0.05, 0) is 63.0 Å². The summed E-state index contributed by atoms with van der Waals surface area (Å²) in [6.07, 6.45) is 6.76. The first kappa shape index (κ1) is 25.3. The van der Waals surface area contributed by atoms with Crippen LogP contribution in [0.5, 0.6) is 0 Å². The van der Waals surface area contributed by atoms with E-state index in [-0.39, 0.29) is 35.7 Å². The average molecular weight is 435 g/mol. The van der Waals surface area contributed by atoms with Crippen LogP contribution in [0.2, 0.25) is 0 Å². The van der Waals surface area contributed by atoms with E-state index in [4.69, 9.17) is 9.47 Å². The number of aliphatic hydroxyl groups is 1. The fourth-order valence-corrected chi connectivity index (χ4v) is 4.66. The monoisotopic (exact) mass is 434 g/mol. The lowest BCUT2D eigenvalue weighted by Gasteiger charge is -2.42. The van der Waals surface area contributed by atoms with Crippen LogP contribution >= 0.6 is 0 Å². The normalized spacial score (nSPS) is 29.5. The summed E-state index contributed by atoms with van der Waals surface area (Å²) in [5.41, 5.74) is 3.53. The minimum atomic E-state index is -0.572. The van der Waals surface area contributed by atoms with Crippen molar-refractivity contribution < 1.29 is 28.9 Å². The predicted molar refractivity (Wildman–Crippen MR) is 119 cm³/mol. The first-order chi connectivity index (χ1) is 14.7. The summed E-state index contributed by atoms with van der Waals surface area (Å²) in [6.45, 7) is 10.3. The van der Waals surface area contributed by atoms with Gasteiger partial charge >= 0.3 is 5.97 Å². The summed E-state index contributed by atoms with van der Waals surface area (Å²) in [5, 5.41) is 10.5. The number of Topliss-reactive ketones (excluding diaryl/α,β-unsaturated/α-hetero) is 1. The summed E-state index contributed by atoms with van der Waals surface area (Å²) in [6, 6.07) is 0. The topological polar surface area (TPSA) is 82.1 Å². The van der Waals surface area contributed by atoms with E-state index in [1.165, 1.54) is 29.9 Å². The molecule has 0 aromatic heterocycles. The number of carbonyl (C=O) groups excluding carboxylic acids is 2. The van der Waals surface area contributed by atoms with E-state index in [9.17, 15) is 14.7 Å². The number of rotatable bonds is 9. The van der Waals surface area contributed by atoms with E-state index in [0.29, 0.717) is 25.9 Å². The zero-order valence-electron chi connectivity index (χ0n) is 19.7. The number of hydrogen-bond acceptors (Lipinski definition) is 6. The maximum Gasteiger partial charge on any atom is 0.330 e. The molecule has 1 aliphatic carbocycles.